The average Bonchev–Trinajstić information content (AvgIpc) is 2.70. The van der Waals surface area contributed by atoms with Crippen molar-refractivity contribution in [3.8, 4) is 0 Å². The highest BCUT2D eigenvalue weighted by Gasteiger charge is 2.02. The molecule has 0 amide bonds. The van der Waals surface area contributed by atoms with Gasteiger partial charge in [0.1, 0.15) is 5.82 Å². The van der Waals surface area contributed by atoms with Gasteiger partial charge in [0.25, 0.3) is 0 Å². The minimum Gasteiger partial charge on any atom is -0.347 e. The first-order valence-electron chi connectivity index (χ1n) is 4.99. The van der Waals surface area contributed by atoms with Gasteiger partial charge in [-0.1, -0.05) is 20.4 Å². The van der Waals surface area contributed by atoms with Gasteiger partial charge < -0.3 is 5.32 Å². The van der Waals surface area contributed by atoms with Crippen LogP contribution in [0.4, 0.5) is 5.82 Å². The summed E-state index contributed by atoms with van der Waals surface area (Å²) in [4.78, 5) is 4.31. The third-order valence-corrected chi connectivity index (χ3v) is 1.86. The molecule has 0 saturated carbocycles. The summed E-state index contributed by atoms with van der Waals surface area (Å²) in [6.07, 6.45) is 3.38. The molecule has 15 heavy (non-hydrogen) atoms. The van der Waals surface area contributed by atoms with Crippen LogP contribution < -0.4 is 5.32 Å². The molecule has 0 bridgehead atoms. The minimum atomic E-state index is 0.793. The Balaban J connectivity index is 0.000000531. The lowest BCUT2D eigenvalue weighted by molar-refractivity contribution is 1.10. The van der Waals surface area contributed by atoms with E-state index in [2.05, 4.69) is 27.1 Å². The molecule has 0 unspecified atom stereocenters. The van der Waals surface area contributed by atoms with Crippen molar-refractivity contribution in [2.75, 3.05) is 5.32 Å². The molecule has 2 rings (SSSR count). The molecule has 0 aliphatic rings. The highest BCUT2D eigenvalue weighted by atomic mass is 15.1. The molecule has 2 aromatic heterocycles. The Morgan fingerprint density at radius 1 is 1.47 bits per heavy atom. The number of aromatic nitrogens is 3. The minimum absolute atomic E-state index is 0.793. The number of aryl methyl sites for hydroxylation is 1. The number of anilines is 1. The SMILES string of the molecule is C=CNc1cc2cn[nH]c2c(C)n1.CC. The van der Waals surface area contributed by atoms with Gasteiger partial charge in [0.05, 0.1) is 17.4 Å². The normalized spacial score (nSPS) is 9.27. The van der Waals surface area contributed by atoms with Crippen molar-refractivity contribution in [3.63, 3.8) is 0 Å². The second kappa shape index (κ2) is 5.14. The van der Waals surface area contributed by atoms with Gasteiger partial charge in [-0.3, -0.25) is 5.10 Å². The molecule has 80 valence electrons. The molecular formula is C11H16N4. The van der Waals surface area contributed by atoms with Crippen LogP contribution in [0.3, 0.4) is 0 Å². The number of aromatic amines is 1. The Hall–Kier alpha value is -1.84. The zero-order valence-corrected chi connectivity index (χ0v) is 9.33. The van der Waals surface area contributed by atoms with Crippen LogP contribution >= 0.6 is 0 Å². The molecule has 0 radical (unpaired) electrons. The van der Waals surface area contributed by atoms with Crippen molar-refractivity contribution in [2.24, 2.45) is 0 Å². The summed E-state index contributed by atoms with van der Waals surface area (Å²) in [7, 11) is 0. The lowest BCUT2D eigenvalue weighted by atomic mass is 10.2. The summed E-state index contributed by atoms with van der Waals surface area (Å²) in [5, 5.41) is 10.8. The maximum absolute atomic E-state index is 4.31. The highest BCUT2D eigenvalue weighted by molar-refractivity contribution is 5.82. The van der Waals surface area contributed by atoms with E-state index in [0.29, 0.717) is 0 Å². The van der Waals surface area contributed by atoms with Gasteiger partial charge >= 0.3 is 0 Å². The van der Waals surface area contributed by atoms with E-state index in [9.17, 15) is 0 Å². The van der Waals surface area contributed by atoms with Crippen LogP contribution in [0.2, 0.25) is 0 Å². The Morgan fingerprint density at radius 2 is 2.20 bits per heavy atom. The smallest absolute Gasteiger partial charge is 0.130 e. The molecule has 0 fully saturated rings. The summed E-state index contributed by atoms with van der Waals surface area (Å²) >= 11 is 0. The van der Waals surface area contributed by atoms with Crippen LogP contribution in [0, 0.1) is 6.92 Å². The van der Waals surface area contributed by atoms with Crippen LogP contribution in [0.15, 0.2) is 25.0 Å². The molecule has 0 saturated heterocycles. The second-order valence-electron chi connectivity index (χ2n) is 2.78. The Kier molecular flexibility index (Phi) is 3.85. The fourth-order valence-electron chi connectivity index (χ4n) is 1.29. The van der Waals surface area contributed by atoms with Crippen LogP contribution in [0.1, 0.15) is 19.5 Å². The number of fused-ring (bicyclic) bond motifs is 1. The van der Waals surface area contributed by atoms with Crippen molar-refractivity contribution in [1.82, 2.24) is 15.2 Å². The quantitative estimate of drug-likeness (QED) is 0.790. The van der Waals surface area contributed by atoms with Crippen molar-refractivity contribution < 1.29 is 0 Å². The van der Waals surface area contributed by atoms with E-state index in [1.54, 1.807) is 12.4 Å². The molecule has 2 aromatic rings. The number of hydrogen-bond acceptors (Lipinski definition) is 3. The van der Waals surface area contributed by atoms with Crippen LogP contribution in [0.5, 0.6) is 0 Å². The summed E-state index contributed by atoms with van der Waals surface area (Å²) < 4.78 is 0. The fourth-order valence-corrected chi connectivity index (χ4v) is 1.29. The molecule has 4 heteroatoms. The summed E-state index contributed by atoms with van der Waals surface area (Å²) in [6, 6.07) is 1.92. The number of rotatable bonds is 2. The lowest BCUT2D eigenvalue weighted by Gasteiger charge is -2.01. The van der Waals surface area contributed by atoms with E-state index >= 15 is 0 Å². The first-order valence-corrected chi connectivity index (χ1v) is 4.99. The Labute approximate surface area is 89.4 Å². The van der Waals surface area contributed by atoms with Gasteiger partial charge in [0.15, 0.2) is 0 Å². The van der Waals surface area contributed by atoms with Gasteiger partial charge in [0.2, 0.25) is 0 Å². The lowest BCUT2D eigenvalue weighted by Crippen LogP contribution is -1.92. The Morgan fingerprint density at radius 3 is 2.87 bits per heavy atom. The zero-order valence-electron chi connectivity index (χ0n) is 9.33. The standard InChI is InChI=1S/C9H10N4.C2H6/c1-3-10-8-4-7-5-11-13-9(7)6(2)12-8;1-2/h3-5H,1H2,2H3,(H,10,12)(H,11,13);1-2H3. The molecular weight excluding hydrogens is 188 g/mol. The van der Waals surface area contributed by atoms with E-state index < -0.39 is 0 Å². The van der Waals surface area contributed by atoms with Gasteiger partial charge in [-0.05, 0) is 19.2 Å². The van der Waals surface area contributed by atoms with E-state index in [-0.39, 0.29) is 0 Å². The van der Waals surface area contributed by atoms with Gasteiger partial charge in [-0.25, -0.2) is 4.98 Å². The van der Waals surface area contributed by atoms with Crippen molar-refractivity contribution in [2.45, 2.75) is 20.8 Å². The molecule has 0 spiro atoms. The third kappa shape index (κ3) is 2.34. The molecule has 0 atom stereocenters. The van der Waals surface area contributed by atoms with Crippen molar-refractivity contribution in [1.29, 1.82) is 0 Å². The van der Waals surface area contributed by atoms with Gasteiger partial charge in [-0.2, -0.15) is 5.10 Å². The molecule has 0 aliphatic carbocycles. The summed E-state index contributed by atoms with van der Waals surface area (Å²) in [5.41, 5.74) is 1.91. The first kappa shape index (κ1) is 11.2. The van der Waals surface area contributed by atoms with E-state index in [0.717, 1.165) is 22.4 Å². The molecule has 2 heterocycles. The topological polar surface area (TPSA) is 53.6 Å². The average molecular weight is 204 g/mol. The number of nitrogens with zero attached hydrogens (tertiary/aromatic N) is 2. The molecule has 0 aliphatic heterocycles. The van der Waals surface area contributed by atoms with Gasteiger partial charge in [-0.15, -0.1) is 0 Å². The summed E-state index contributed by atoms with van der Waals surface area (Å²) in [5.74, 6) is 0.793. The number of hydrogen-bond donors (Lipinski definition) is 2. The van der Waals surface area contributed by atoms with Crippen molar-refractivity contribution in [3.05, 3.63) is 30.7 Å². The fraction of sp³-hybridized carbons (Fsp3) is 0.273. The second-order valence-corrected chi connectivity index (χ2v) is 2.78. The van der Waals surface area contributed by atoms with E-state index in [1.165, 1.54) is 0 Å². The van der Waals surface area contributed by atoms with Crippen LogP contribution in [-0.2, 0) is 0 Å². The van der Waals surface area contributed by atoms with Crippen LogP contribution in [-0.4, -0.2) is 15.2 Å². The zero-order chi connectivity index (χ0) is 11.3. The maximum Gasteiger partial charge on any atom is 0.130 e. The van der Waals surface area contributed by atoms with E-state index in [4.69, 9.17) is 0 Å². The number of pyridine rings is 1. The van der Waals surface area contributed by atoms with Crippen molar-refractivity contribution >= 4 is 16.7 Å². The largest absolute Gasteiger partial charge is 0.347 e. The monoisotopic (exact) mass is 204 g/mol. The third-order valence-electron chi connectivity index (χ3n) is 1.86. The Bertz CT molecular complexity index is 445. The number of H-pyrrole nitrogens is 1. The van der Waals surface area contributed by atoms with E-state index in [1.807, 2.05) is 26.8 Å². The molecule has 4 nitrogen and oxygen atoms in total. The predicted octanol–water partition coefficient (Wildman–Crippen LogP) is 2.85. The molecule has 2 N–H and O–H groups in total. The summed E-state index contributed by atoms with van der Waals surface area (Å²) in [6.45, 7) is 9.52. The van der Waals surface area contributed by atoms with Crippen LogP contribution in [0.25, 0.3) is 10.9 Å². The van der Waals surface area contributed by atoms with Gasteiger partial charge in [0, 0.05) is 5.39 Å². The molecule has 0 aromatic carbocycles. The predicted molar refractivity (Wildman–Crippen MR) is 63.8 cm³/mol. The number of nitrogens with one attached hydrogen (secondary N) is 2. The first-order chi connectivity index (χ1) is 7.31. The maximum atomic E-state index is 4.31. The highest BCUT2D eigenvalue weighted by Crippen LogP contribution is 2.17.